The summed E-state index contributed by atoms with van der Waals surface area (Å²) in [5, 5.41) is 21.2. The van der Waals surface area contributed by atoms with Gasteiger partial charge < -0.3 is 29.2 Å². The van der Waals surface area contributed by atoms with E-state index in [1.165, 1.54) is 11.8 Å². The third-order valence-corrected chi connectivity index (χ3v) is 5.88. The summed E-state index contributed by atoms with van der Waals surface area (Å²) < 4.78 is 22.9. The quantitative estimate of drug-likeness (QED) is 0.830. The van der Waals surface area contributed by atoms with Gasteiger partial charge in [0.25, 0.3) is 0 Å². The van der Waals surface area contributed by atoms with Gasteiger partial charge in [0.15, 0.2) is 6.29 Å². The number of aliphatic hydroxyl groups is 2. The molecule has 2 fully saturated rings. The maximum atomic E-state index is 10.6. The highest BCUT2D eigenvalue weighted by Crippen LogP contribution is 2.38. The Morgan fingerprint density at radius 2 is 1.70 bits per heavy atom. The van der Waals surface area contributed by atoms with Crippen LogP contribution in [0.15, 0.2) is 59.5 Å². The average molecular weight is 390 g/mol. The molecule has 2 aromatic rings. The highest BCUT2D eigenvalue weighted by atomic mass is 32.2. The second kappa shape index (κ2) is 8.18. The van der Waals surface area contributed by atoms with Crippen molar-refractivity contribution in [3.05, 3.63) is 60.2 Å². The molecule has 2 saturated heterocycles. The van der Waals surface area contributed by atoms with Gasteiger partial charge in [0.1, 0.15) is 35.6 Å². The fourth-order valence-corrected chi connectivity index (χ4v) is 4.32. The molecule has 7 heteroatoms. The van der Waals surface area contributed by atoms with Crippen LogP contribution in [0, 0.1) is 0 Å². The van der Waals surface area contributed by atoms with E-state index in [1.807, 2.05) is 54.6 Å². The minimum absolute atomic E-state index is 0.275. The first-order valence-electron chi connectivity index (χ1n) is 8.80. The molecule has 0 unspecified atom stereocenters. The number of methoxy groups -OCH3 is 1. The zero-order valence-corrected chi connectivity index (χ0v) is 15.6. The van der Waals surface area contributed by atoms with Gasteiger partial charge in [0.05, 0.1) is 13.7 Å². The van der Waals surface area contributed by atoms with Crippen molar-refractivity contribution in [2.24, 2.45) is 0 Å². The zero-order valence-electron chi connectivity index (χ0n) is 14.8. The van der Waals surface area contributed by atoms with Crippen LogP contribution in [0.3, 0.4) is 0 Å². The molecule has 0 spiro atoms. The Kier molecular flexibility index (Phi) is 5.68. The molecule has 0 saturated carbocycles. The first-order valence-corrected chi connectivity index (χ1v) is 9.68. The summed E-state index contributed by atoms with van der Waals surface area (Å²) in [6.45, 7) is 0.275. The monoisotopic (exact) mass is 390 g/mol. The third kappa shape index (κ3) is 3.99. The fourth-order valence-electron chi connectivity index (χ4n) is 3.24. The van der Waals surface area contributed by atoms with Crippen molar-refractivity contribution in [1.29, 1.82) is 0 Å². The van der Waals surface area contributed by atoms with Crippen LogP contribution < -0.4 is 4.74 Å². The minimum Gasteiger partial charge on any atom is -0.497 e. The van der Waals surface area contributed by atoms with Gasteiger partial charge in [-0.3, -0.25) is 0 Å². The normalized spacial score (nSPS) is 33.3. The van der Waals surface area contributed by atoms with E-state index in [9.17, 15) is 10.2 Å². The molecular weight excluding hydrogens is 368 g/mol. The second-order valence-electron chi connectivity index (χ2n) is 6.49. The second-order valence-corrected chi connectivity index (χ2v) is 7.67. The van der Waals surface area contributed by atoms with Crippen LogP contribution in [0.4, 0.5) is 0 Å². The summed E-state index contributed by atoms with van der Waals surface area (Å²) in [4.78, 5) is 0.959. The van der Waals surface area contributed by atoms with E-state index in [0.717, 1.165) is 16.2 Å². The Balaban J connectivity index is 1.44. The molecule has 6 atom stereocenters. The van der Waals surface area contributed by atoms with Gasteiger partial charge in [0.2, 0.25) is 0 Å². The highest BCUT2D eigenvalue weighted by Gasteiger charge is 2.49. The standard InChI is InChI=1S/C20H22O6S/c1-23-13-9-7-12(8-10-13)19-24-11-15-18(26-19)16(21)17(22)20(25-15)27-14-5-3-2-4-6-14/h2-10,15-22H,11H2,1H3/t15-,16-,17-,18-,19-,20+/m1/s1. The lowest BCUT2D eigenvalue weighted by Gasteiger charge is -2.46. The summed E-state index contributed by atoms with van der Waals surface area (Å²) in [5.41, 5.74) is 0.227. The van der Waals surface area contributed by atoms with Crippen LogP contribution in [0.5, 0.6) is 5.75 Å². The lowest BCUT2D eigenvalue weighted by atomic mass is 9.99. The maximum absolute atomic E-state index is 10.6. The zero-order chi connectivity index (χ0) is 18.8. The molecule has 144 valence electrons. The van der Waals surface area contributed by atoms with Gasteiger partial charge in [-0.15, -0.1) is 0 Å². The maximum Gasteiger partial charge on any atom is 0.184 e. The van der Waals surface area contributed by atoms with E-state index >= 15 is 0 Å². The number of thioether (sulfide) groups is 1. The largest absolute Gasteiger partial charge is 0.497 e. The minimum atomic E-state index is -1.06. The van der Waals surface area contributed by atoms with Crippen molar-refractivity contribution in [3.63, 3.8) is 0 Å². The van der Waals surface area contributed by atoms with Crippen LogP contribution in [0.1, 0.15) is 11.9 Å². The van der Waals surface area contributed by atoms with Gasteiger partial charge in [-0.1, -0.05) is 42.1 Å². The van der Waals surface area contributed by atoms with E-state index < -0.39 is 36.1 Å². The molecule has 2 aliphatic rings. The topological polar surface area (TPSA) is 77.4 Å². The predicted octanol–water partition coefficient (Wildman–Crippen LogP) is 2.35. The summed E-state index contributed by atoms with van der Waals surface area (Å²) >= 11 is 1.38. The first kappa shape index (κ1) is 18.7. The smallest absolute Gasteiger partial charge is 0.184 e. The van der Waals surface area contributed by atoms with Gasteiger partial charge >= 0.3 is 0 Å². The molecule has 0 aliphatic carbocycles. The lowest BCUT2D eigenvalue weighted by Crippen LogP contribution is -2.60. The predicted molar refractivity (Wildman–Crippen MR) is 99.5 cm³/mol. The molecule has 2 aliphatic heterocycles. The molecule has 27 heavy (non-hydrogen) atoms. The number of ether oxygens (including phenoxy) is 4. The molecule has 2 aromatic carbocycles. The van der Waals surface area contributed by atoms with Crippen molar-refractivity contribution < 1.29 is 29.2 Å². The van der Waals surface area contributed by atoms with E-state index in [-0.39, 0.29) is 6.61 Å². The van der Waals surface area contributed by atoms with Gasteiger partial charge in [0, 0.05) is 10.5 Å². The molecule has 6 nitrogen and oxygen atoms in total. The van der Waals surface area contributed by atoms with E-state index in [2.05, 4.69) is 0 Å². The van der Waals surface area contributed by atoms with Crippen LogP contribution >= 0.6 is 11.8 Å². The molecule has 4 rings (SSSR count). The Labute approximate surface area is 162 Å². The Hall–Kier alpha value is -1.61. The fraction of sp³-hybridized carbons (Fsp3) is 0.400. The first-order chi connectivity index (χ1) is 13.2. The van der Waals surface area contributed by atoms with Crippen LogP contribution in [0.25, 0.3) is 0 Å². The molecule has 2 N–H and O–H groups in total. The number of hydrogen-bond acceptors (Lipinski definition) is 7. The van der Waals surface area contributed by atoms with Crippen LogP contribution in [-0.2, 0) is 14.2 Å². The van der Waals surface area contributed by atoms with Gasteiger partial charge in [-0.2, -0.15) is 0 Å². The van der Waals surface area contributed by atoms with Crippen LogP contribution in [0.2, 0.25) is 0 Å². The SMILES string of the molecule is COc1ccc([C@@H]2OC[C@H]3O[C@@H](Sc4ccccc4)[C@H](O)[C@@H](O)[C@@H]3O2)cc1. The van der Waals surface area contributed by atoms with E-state index in [0.29, 0.717) is 0 Å². The van der Waals surface area contributed by atoms with Crippen LogP contribution in [-0.4, -0.2) is 53.8 Å². The summed E-state index contributed by atoms with van der Waals surface area (Å²) in [5.74, 6) is 0.740. The van der Waals surface area contributed by atoms with Crippen molar-refractivity contribution in [2.45, 2.75) is 41.0 Å². The van der Waals surface area contributed by atoms with E-state index in [1.54, 1.807) is 7.11 Å². The molecular formula is C20H22O6S. The number of hydrogen-bond donors (Lipinski definition) is 2. The van der Waals surface area contributed by atoms with Crippen molar-refractivity contribution >= 4 is 11.8 Å². The Bertz CT molecular complexity index is 738. The number of fused-ring (bicyclic) bond motifs is 1. The number of aliphatic hydroxyl groups excluding tert-OH is 2. The Morgan fingerprint density at radius 3 is 2.41 bits per heavy atom. The van der Waals surface area contributed by atoms with Crippen molar-refractivity contribution in [2.75, 3.05) is 13.7 Å². The van der Waals surface area contributed by atoms with Crippen molar-refractivity contribution in [1.82, 2.24) is 0 Å². The number of rotatable bonds is 4. The highest BCUT2D eigenvalue weighted by molar-refractivity contribution is 7.99. The summed E-state index contributed by atoms with van der Waals surface area (Å²) in [6.07, 6.45) is -3.85. The lowest BCUT2D eigenvalue weighted by molar-refractivity contribution is -0.318. The molecule has 0 bridgehead atoms. The van der Waals surface area contributed by atoms with Crippen molar-refractivity contribution in [3.8, 4) is 5.75 Å². The third-order valence-electron chi connectivity index (χ3n) is 4.72. The summed E-state index contributed by atoms with van der Waals surface area (Å²) in [7, 11) is 1.61. The molecule has 0 amide bonds. The van der Waals surface area contributed by atoms with E-state index in [4.69, 9.17) is 18.9 Å². The van der Waals surface area contributed by atoms with Gasteiger partial charge in [-0.05, 0) is 24.3 Å². The number of benzene rings is 2. The Morgan fingerprint density at radius 1 is 0.963 bits per heavy atom. The molecule has 0 aromatic heterocycles. The average Bonchev–Trinajstić information content (AvgIpc) is 2.72. The summed E-state index contributed by atoms with van der Waals surface area (Å²) in [6, 6.07) is 17.0. The van der Waals surface area contributed by atoms with Gasteiger partial charge in [-0.25, -0.2) is 0 Å². The molecule has 0 radical (unpaired) electrons. The molecule has 2 heterocycles.